The Morgan fingerprint density at radius 3 is 2.61 bits per heavy atom. The third kappa shape index (κ3) is 3.95. The van der Waals surface area contributed by atoms with Crippen LogP contribution in [0.25, 0.3) is 0 Å². The van der Waals surface area contributed by atoms with Gasteiger partial charge in [-0.2, -0.15) is 0 Å². The molecule has 4 rings (SSSR count). The molecule has 1 N–H and O–H groups in total. The number of nitrogens with one attached hydrogen (secondary N) is 1. The molecule has 28 heavy (non-hydrogen) atoms. The van der Waals surface area contributed by atoms with E-state index < -0.39 is 0 Å². The molecule has 2 aliphatic rings. The number of ether oxygens (including phenoxy) is 3. The lowest BCUT2D eigenvalue weighted by atomic mass is 10.0. The number of hydrogen-bond acceptors (Lipinski definition) is 6. The second-order valence-corrected chi connectivity index (χ2v) is 6.99. The Morgan fingerprint density at radius 2 is 1.93 bits per heavy atom. The van der Waals surface area contributed by atoms with Crippen molar-refractivity contribution in [3.8, 4) is 5.75 Å². The summed E-state index contributed by atoms with van der Waals surface area (Å²) >= 11 is 0. The van der Waals surface area contributed by atoms with Crippen molar-refractivity contribution in [3.05, 3.63) is 53.9 Å². The Balaban J connectivity index is 1.33. The second-order valence-electron chi connectivity index (χ2n) is 6.99. The molecule has 2 aromatic rings. The zero-order valence-corrected chi connectivity index (χ0v) is 16.0. The van der Waals surface area contributed by atoms with Crippen LogP contribution in [0.5, 0.6) is 5.75 Å². The fourth-order valence-electron chi connectivity index (χ4n) is 3.71. The standard InChI is InChI=1S/C21H25N3O4/c1-26-19-5-3-2-4-16(19)14-23-20(25)18-7-6-17(15-22-18)24-10-8-21(9-11-24)27-12-13-28-21/h2-7,15H,8-14H2,1H3,(H,23,25). The van der Waals surface area contributed by atoms with Crippen molar-refractivity contribution < 1.29 is 19.0 Å². The van der Waals surface area contributed by atoms with Gasteiger partial charge in [0.15, 0.2) is 5.79 Å². The van der Waals surface area contributed by atoms with Gasteiger partial charge in [0.1, 0.15) is 11.4 Å². The summed E-state index contributed by atoms with van der Waals surface area (Å²) in [5.74, 6) is 0.161. The van der Waals surface area contributed by atoms with Gasteiger partial charge in [0, 0.05) is 38.0 Å². The molecule has 7 nitrogen and oxygen atoms in total. The molecular formula is C21H25N3O4. The van der Waals surface area contributed by atoms with Gasteiger partial charge in [0.25, 0.3) is 5.91 Å². The Morgan fingerprint density at radius 1 is 1.18 bits per heavy atom. The van der Waals surface area contributed by atoms with Crippen LogP contribution < -0.4 is 15.0 Å². The highest BCUT2D eigenvalue weighted by molar-refractivity contribution is 5.92. The van der Waals surface area contributed by atoms with Gasteiger partial charge in [-0.25, -0.2) is 4.98 Å². The summed E-state index contributed by atoms with van der Waals surface area (Å²) in [6.45, 7) is 3.45. The van der Waals surface area contributed by atoms with Gasteiger partial charge in [-0.1, -0.05) is 18.2 Å². The van der Waals surface area contributed by atoms with Crippen molar-refractivity contribution in [2.75, 3.05) is 38.3 Å². The Bertz CT molecular complexity index is 809. The van der Waals surface area contributed by atoms with Gasteiger partial charge in [-0.15, -0.1) is 0 Å². The third-order valence-corrected chi connectivity index (χ3v) is 5.32. The van der Waals surface area contributed by atoms with E-state index in [0.717, 1.165) is 42.9 Å². The monoisotopic (exact) mass is 383 g/mol. The van der Waals surface area contributed by atoms with Gasteiger partial charge in [-0.05, 0) is 18.2 Å². The van der Waals surface area contributed by atoms with E-state index in [4.69, 9.17) is 14.2 Å². The fraction of sp³-hybridized carbons (Fsp3) is 0.429. The van der Waals surface area contributed by atoms with Crippen LogP contribution >= 0.6 is 0 Å². The van der Waals surface area contributed by atoms with Crippen molar-refractivity contribution in [3.63, 3.8) is 0 Å². The largest absolute Gasteiger partial charge is 0.496 e. The molecule has 148 valence electrons. The third-order valence-electron chi connectivity index (χ3n) is 5.32. The summed E-state index contributed by atoms with van der Waals surface area (Å²) < 4.78 is 16.9. The quantitative estimate of drug-likeness (QED) is 0.855. The van der Waals surface area contributed by atoms with Crippen LogP contribution in [0.2, 0.25) is 0 Å². The lowest BCUT2D eigenvalue weighted by molar-refractivity contribution is -0.169. The highest BCUT2D eigenvalue weighted by Gasteiger charge is 2.39. The maximum atomic E-state index is 12.4. The van der Waals surface area contributed by atoms with Crippen molar-refractivity contribution in [2.45, 2.75) is 25.2 Å². The first-order valence-electron chi connectivity index (χ1n) is 9.58. The minimum absolute atomic E-state index is 0.206. The maximum absolute atomic E-state index is 12.4. The van der Waals surface area contributed by atoms with Crippen molar-refractivity contribution in [1.82, 2.24) is 10.3 Å². The molecule has 0 radical (unpaired) electrons. The Kier molecular flexibility index (Phi) is 5.45. The molecule has 7 heteroatoms. The summed E-state index contributed by atoms with van der Waals surface area (Å²) in [6, 6.07) is 11.3. The lowest BCUT2D eigenvalue weighted by Crippen LogP contribution is -2.45. The van der Waals surface area contributed by atoms with Crippen molar-refractivity contribution in [2.24, 2.45) is 0 Å². The highest BCUT2D eigenvalue weighted by atomic mass is 16.7. The average molecular weight is 383 g/mol. The molecule has 1 spiro atoms. The van der Waals surface area contributed by atoms with Crippen LogP contribution in [0.15, 0.2) is 42.6 Å². The molecule has 0 unspecified atom stereocenters. The first kappa shape index (κ1) is 18.7. The van der Waals surface area contributed by atoms with Crippen molar-refractivity contribution >= 4 is 11.6 Å². The zero-order valence-electron chi connectivity index (χ0n) is 16.0. The van der Waals surface area contributed by atoms with E-state index in [0.29, 0.717) is 25.5 Å². The van der Waals surface area contributed by atoms with E-state index in [9.17, 15) is 4.79 Å². The zero-order chi connectivity index (χ0) is 19.4. The van der Waals surface area contributed by atoms with Gasteiger partial charge in [0.05, 0.1) is 32.2 Å². The number of aromatic nitrogens is 1. The molecule has 1 amide bonds. The molecule has 1 aromatic heterocycles. The van der Waals surface area contributed by atoms with Gasteiger partial charge in [0.2, 0.25) is 0 Å². The summed E-state index contributed by atoms with van der Waals surface area (Å²) in [5, 5.41) is 2.89. The van der Waals surface area contributed by atoms with Crippen molar-refractivity contribution in [1.29, 1.82) is 0 Å². The molecule has 1 aromatic carbocycles. The van der Waals surface area contributed by atoms with E-state index in [1.165, 1.54) is 0 Å². The van der Waals surface area contributed by atoms with E-state index in [-0.39, 0.29) is 11.7 Å². The Labute approximate surface area is 164 Å². The van der Waals surface area contributed by atoms with Crippen LogP contribution in [-0.4, -0.2) is 50.1 Å². The van der Waals surface area contributed by atoms with E-state index in [1.807, 2.05) is 30.3 Å². The van der Waals surface area contributed by atoms with E-state index in [2.05, 4.69) is 15.2 Å². The van der Waals surface area contributed by atoms with E-state index in [1.54, 1.807) is 19.4 Å². The van der Waals surface area contributed by atoms with Crippen LogP contribution in [0.3, 0.4) is 0 Å². The minimum atomic E-state index is -0.387. The summed E-state index contributed by atoms with van der Waals surface area (Å²) in [5.41, 5.74) is 2.33. The lowest BCUT2D eigenvalue weighted by Gasteiger charge is -2.38. The van der Waals surface area contributed by atoms with Gasteiger partial charge < -0.3 is 24.4 Å². The SMILES string of the molecule is COc1ccccc1CNC(=O)c1ccc(N2CCC3(CC2)OCCO3)cn1. The van der Waals surface area contributed by atoms with Crippen LogP contribution in [0, 0.1) is 0 Å². The molecule has 2 aliphatic heterocycles. The number of carbonyl (C=O) groups is 1. The average Bonchev–Trinajstić information content (AvgIpc) is 3.21. The first-order chi connectivity index (χ1) is 13.7. The fourth-order valence-corrected chi connectivity index (χ4v) is 3.71. The summed E-state index contributed by atoms with van der Waals surface area (Å²) in [6.07, 6.45) is 3.44. The number of methoxy groups -OCH3 is 1. The van der Waals surface area contributed by atoms with E-state index >= 15 is 0 Å². The number of pyridine rings is 1. The molecule has 0 saturated carbocycles. The smallest absolute Gasteiger partial charge is 0.270 e. The number of rotatable bonds is 5. The van der Waals surface area contributed by atoms with Gasteiger partial charge >= 0.3 is 0 Å². The second kappa shape index (κ2) is 8.16. The van der Waals surface area contributed by atoms with Crippen LogP contribution in [0.4, 0.5) is 5.69 Å². The first-order valence-corrected chi connectivity index (χ1v) is 9.58. The number of benzene rings is 1. The highest BCUT2D eigenvalue weighted by Crippen LogP contribution is 2.33. The molecule has 0 aliphatic carbocycles. The van der Waals surface area contributed by atoms with Gasteiger partial charge in [-0.3, -0.25) is 4.79 Å². The number of hydrogen-bond donors (Lipinski definition) is 1. The molecule has 2 fully saturated rings. The number of nitrogens with zero attached hydrogens (tertiary/aromatic N) is 2. The summed E-state index contributed by atoms with van der Waals surface area (Å²) in [7, 11) is 1.62. The number of amides is 1. The minimum Gasteiger partial charge on any atom is -0.496 e. The number of carbonyl (C=O) groups excluding carboxylic acids is 1. The predicted octanol–water partition coefficient (Wildman–Crippen LogP) is 2.36. The maximum Gasteiger partial charge on any atom is 0.270 e. The van der Waals surface area contributed by atoms with Crippen LogP contribution in [-0.2, 0) is 16.0 Å². The molecule has 3 heterocycles. The number of anilines is 1. The molecule has 0 atom stereocenters. The topological polar surface area (TPSA) is 72.9 Å². The molecular weight excluding hydrogens is 358 g/mol. The number of piperidine rings is 1. The van der Waals surface area contributed by atoms with Crippen LogP contribution in [0.1, 0.15) is 28.9 Å². The normalized spacial score (nSPS) is 18.2. The molecule has 2 saturated heterocycles. The predicted molar refractivity (Wildman–Crippen MR) is 104 cm³/mol. The molecule has 0 bridgehead atoms. The summed E-state index contributed by atoms with van der Waals surface area (Å²) in [4.78, 5) is 19.0. The Hall–Kier alpha value is -2.64. The number of para-hydroxylation sites is 1.